The monoisotopic (exact) mass is 639 g/mol. The third-order valence-electron chi connectivity index (χ3n) is 9.23. The number of hydrogen-bond acceptors (Lipinski definition) is 4. The summed E-state index contributed by atoms with van der Waals surface area (Å²) in [4.78, 5) is 2.43. The molecule has 0 aromatic heterocycles. The van der Waals surface area contributed by atoms with E-state index in [2.05, 4.69) is 133 Å². The number of benzene rings is 4. The van der Waals surface area contributed by atoms with Gasteiger partial charge in [0.2, 0.25) is 0 Å². The van der Waals surface area contributed by atoms with E-state index >= 15 is 0 Å². The molecule has 0 amide bonds. The number of ether oxygens (including phenoxy) is 3. The van der Waals surface area contributed by atoms with Crippen LogP contribution in [0.15, 0.2) is 102 Å². The van der Waals surface area contributed by atoms with Crippen LogP contribution in [0.5, 0.6) is 5.75 Å². The fourth-order valence-corrected chi connectivity index (χ4v) is 6.96. The predicted molar refractivity (Wildman–Crippen MR) is 178 cm³/mol. The van der Waals surface area contributed by atoms with E-state index in [1.807, 2.05) is 6.07 Å². The average molecular weight is 641 g/mol. The van der Waals surface area contributed by atoms with Crippen molar-refractivity contribution in [1.82, 2.24) is 0 Å². The number of fused-ring (bicyclic) bond motifs is 1. The third kappa shape index (κ3) is 6.85. The van der Waals surface area contributed by atoms with Crippen molar-refractivity contribution in [2.45, 2.75) is 65.1 Å². The second-order valence-electron chi connectivity index (χ2n) is 12.1. The van der Waals surface area contributed by atoms with E-state index < -0.39 is 0 Å². The summed E-state index contributed by atoms with van der Waals surface area (Å²) in [5, 5.41) is 0. The molecule has 0 unspecified atom stereocenters. The quantitative estimate of drug-likeness (QED) is 0.183. The Morgan fingerprint density at radius 2 is 1.58 bits per heavy atom. The van der Waals surface area contributed by atoms with Crippen LogP contribution in [-0.4, -0.2) is 25.4 Å². The van der Waals surface area contributed by atoms with Crippen LogP contribution >= 0.6 is 15.9 Å². The number of nitrogens with zero attached hydrogens (tertiary/aromatic N) is 1. The summed E-state index contributed by atoms with van der Waals surface area (Å²) in [5.41, 5.74) is 7.34. The zero-order chi connectivity index (χ0) is 29.8. The maximum Gasteiger partial charge on any atom is 0.142 e. The Morgan fingerprint density at radius 3 is 2.33 bits per heavy atom. The van der Waals surface area contributed by atoms with Crippen molar-refractivity contribution in [2.75, 3.05) is 18.1 Å². The highest BCUT2D eigenvalue weighted by atomic mass is 79.9. The van der Waals surface area contributed by atoms with Gasteiger partial charge in [0.1, 0.15) is 18.5 Å². The molecule has 0 aliphatic carbocycles. The molecule has 5 atom stereocenters. The van der Waals surface area contributed by atoms with Gasteiger partial charge >= 0.3 is 0 Å². The van der Waals surface area contributed by atoms with E-state index in [1.165, 1.54) is 33.5 Å². The Morgan fingerprint density at radius 1 is 0.837 bits per heavy atom. The van der Waals surface area contributed by atoms with Crippen molar-refractivity contribution in [3.63, 3.8) is 0 Å². The summed E-state index contributed by atoms with van der Waals surface area (Å²) in [6, 6.07) is 34.4. The van der Waals surface area contributed by atoms with Crippen molar-refractivity contribution >= 4 is 21.6 Å². The van der Waals surface area contributed by atoms with Gasteiger partial charge in [-0.05, 0) is 70.7 Å². The molecule has 4 nitrogen and oxygen atoms in total. The number of rotatable bonds is 9. The molecule has 4 aromatic carbocycles. The lowest BCUT2D eigenvalue weighted by Crippen LogP contribution is -2.45. The SMILES string of the molecule is CC[C@H]1O[C@@H](c2ccc(Br)c(Cc3ccc4c(c3)N(Cc3ccccc3)CCO4)c2)[C@H](OCc2ccccc2)[C@@H](C)[C@@H]1C. The van der Waals surface area contributed by atoms with E-state index in [9.17, 15) is 0 Å². The summed E-state index contributed by atoms with van der Waals surface area (Å²) in [7, 11) is 0. The van der Waals surface area contributed by atoms with Crippen LogP contribution in [0.2, 0.25) is 0 Å². The average Bonchev–Trinajstić information content (AvgIpc) is 3.04. The lowest BCUT2D eigenvalue weighted by Gasteiger charge is -2.45. The van der Waals surface area contributed by atoms with Crippen molar-refractivity contribution in [3.05, 3.63) is 129 Å². The van der Waals surface area contributed by atoms with Gasteiger partial charge in [0.25, 0.3) is 0 Å². The molecular formula is C38H42BrNO3. The summed E-state index contributed by atoms with van der Waals surface area (Å²) in [6.07, 6.45) is 1.86. The van der Waals surface area contributed by atoms with Crippen LogP contribution in [0.25, 0.3) is 0 Å². The molecule has 6 rings (SSSR count). The lowest BCUT2D eigenvalue weighted by molar-refractivity contribution is -0.194. The molecule has 2 aliphatic heterocycles. The molecular weight excluding hydrogens is 598 g/mol. The third-order valence-corrected chi connectivity index (χ3v) is 10.0. The molecule has 2 heterocycles. The van der Waals surface area contributed by atoms with Crippen molar-refractivity contribution in [2.24, 2.45) is 11.8 Å². The van der Waals surface area contributed by atoms with Crippen LogP contribution in [0.1, 0.15) is 61.1 Å². The van der Waals surface area contributed by atoms with Gasteiger partial charge in [-0.1, -0.05) is 116 Å². The highest BCUT2D eigenvalue weighted by molar-refractivity contribution is 9.10. The van der Waals surface area contributed by atoms with Gasteiger partial charge in [-0.25, -0.2) is 0 Å². The Hall–Kier alpha value is -3.12. The zero-order valence-corrected chi connectivity index (χ0v) is 27.0. The second-order valence-corrected chi connectivity index (χ2v) is 12.9. The fraction of sp³-hybridized carbons (Fsp3) is 0.368. The van der Waals surface area contributed by atoms with Crippen LogP contribution in [-0.2, 0) is 29.0 Å². The smallest absolute Gasteiger partial charge is 0.142 e. The van der Waals surface area contributed by atoms with E-state index in [0.29, 0.717) is 25.0 Å². The summed E-state index contributed by atoms with van der Waals surface area (Å²) >= 11 is 3.86. The van der Waals surface area contributed by atoms with E-state index in [4.69, 9.17) is 14.2 Å². The highest BCUT2D eigenvalue weighted by Crippen LogP contribution is 2.43. The molecule has 1 saturated heterocycles. The summed E-state index contributed by atoms with van der Waals surface area (Å²) in [6.45, 7) is 9.90. The number of halogens is 1. The number of hydrogen-bond donors (Lipinski definition) is 0. The molecule has 0 saturated carbocycles. The first-order valence-electron chi connectivity index (χ1n) is 15.6. The van der Waals surface area contributed by atoms with Crippen LogP contribution in [0, 0.1) is 11.8 Å². The van der Waals surface area contributed by atoms with Gasteiger partial charge < -0.3 is 19.1 Å². The maximum atomic E-state index is 6.83. The first-order chi connectivity index (χ1) is 21.0. The van der Waals surface area contributed by atoms with Gasteiger partial charge in [-0.15, -0.1) is 0 Å². The highest BCUT2D eigenvalue weighted by Gasteiger charge is 2.42. The molecule has 0 spiro atoms. The molecule has 0 radical (unpaired) electrons. The fourth-order valence-electron chi connectivity index (χ4n) is 6.57. The molecule has 5 heteroatoms. The maximum absolute atomic E-state index is 6.83. The molecule has 224 valence electrons. The van der Waals surface area contributed by atoms with Crippen molar-refractivity contribution < 1.29 is 14.2 Å². The molecule has 0 N–H and O–H groups in total. The normalized spacial score (nSPS) is 23.4. The van der Waals surface area contributed by atoms with Gasteiger partial charge in [-0.2, -0.15) is 0 Å². The predicted octanol–water partition coefficient (Wildman–Crippen LogP) is 9.15. The largest absolute Gasteiger partial charge is 0.490 e. The van der Waals surface area contributed by atoms with Crippen LogP contribution in [0.3, 0.4) is 0 Å². The number of anilines is 1. The van der Waals surface area contributed by atoms with Crippen molar-refractivity contribution in [1.29, 1.82) is 0 Å². The Bertz CT molecular complexity index is 1490. The molecule has 2 aliphatic rings. The molecule has 4 aromatic rings. The standard InChI is InChI=1S/C38H42BrNO3/c1-4-35-26(2)27(3)37(42-25-29-13-9-6-10-14-29)38(43-35)31-16-17-33(39)32(23-31)21-30-15-18-36-34(22-30)40(19-20-41-36)24-28-11-7-5-8-12-28/h5-18,22-23,26-27,35,37-38H,4,19-21,24-25H2,1-3H3/t26-,27-,35+,37+,38-/m0/s1. The first kappa shape index (κ1) is 29.9. The minimum atomic E-state index is -0.120. The van der Waals surface area contributed by atoms with Gasteiger partial charge in [0.15, 0.2) is 0 Å². The van der Waals surface area contributed by atoms with E-state index in [-0.39, 0.29) is 18.3 Å². The molecule has 43 heavy (non-hydrogen) atoms. The summed E-state index contributed by atoms with van der Waals surface area (Å²) < 4.78 is 20.7. The minimum absolute atomic E-state index is 0.0283. The second kappa shape index (κ2) is 13.7. The Kier molecular flexibility index (Phi) is 9.52. The van der Waals surface area contributed by atoms with Crippen molar-refractivity contribution in [3.8, 4) is 5.75 Å². The minimum Gasteiger partial charge on any atom is -0.490 e. The Balaban J connectivity index is 1.25. The topological polar surface area (TPSA) is 30.9 Å². The lowest BCUT2D eigenvalue weighted by atomic mass is 9.78. The van der Waals surface area contributed by atoms with E-state index in [1.54, 1.807) is 0 Å². The van der Waals surface area contributed by atoms with Crippen LogP contribution in [0.4, 0.5) is 5.69 Å². The van der Waals surface area contributed by atoms with Gasteiger partial charge in [-0.3, -0.25) is 0 Å². The van der Waals surface area contributed by atoms with E-state index in [0.717, 1.165) is 36.2 Å². The zero-order valence-electron chi connectivity index (χ0n) is 25.4. The molecule has 0 bridgehead atoms. The van der Waals surface area contributed by atoms with Gasteiger partial charge in [0.05, 0.1) is 31.0 Å². The molecule has 1 fully saturated rings. The Labute approximate surface area is 265 Å². The first-order valence-corrected chi connectivity index (χ1v) is 16.4. The summed E-state index contributed by atoms with van der Waals surface area (Å²) in [5.74, 6) is 1.76. The van der Waals surface area contributed by atoms with Gasteiger partial charge in [0, 0.05) is 11.0 Å². The van der Waals surface area contributed by atoms with Crippen LogP contribution < -0.4 is 9.64 Å².